The number of halogens is 3. The summed E-state index contributed by atoms with van der Waals surface area (Å²) in [7, 11) is -4.38. The number of hydrogen-bond donors (Lipinski definition) is 5. The van der Waals surface area contributed by atoms with Gasteiger partial charge in [0.25, 0.3) is 0 Å². The van der Waals surface area contributed by atoms with Crippen molar-refractivity contribution in [2.24, 2.45) is 8.25 Å². The van der Waals surface area contributed by atoms with Gasteiger partial charge in [0.05, 0.1) is 24.5 Å². The van der Waals surface area contributed by atoms with Gasteiger partial charge in [0, 0.05) is 12.8 Å². The summed E-state index contributed by atoms with van der Waals surface area (Å²) in [6.07, 6.45) is -3.99. The van der Waals surface area contributed by atoms with Gasteiger partial charge in [-0.2, -0.15) is 0 Å². The Morgan fingerprint density at radius 1 is 1.34 bits per heavy atom. The third-order valence-corrected chi connectivity index (χ3v) is 7.33. The number of hydrogen-bond acceptors (Lipinski definition) is 8. The fraction of sp³-hybridized carbons (Fsp3) is 0.750. The Morgan fingerprint density at radius 2 is 2.06 bits per heavy atom. The molecule has 1 saturated carbocycles. The van der Waals surface area contributed by atoms with Crippen molar-refractivity contribution in [2.75, 3.05) is 13.0 Å². The number of nitrogens with zero attached hydrogens (tertiary/aromatic N) is 4. The van der Waals surface area contributed by atoms with E-state index < -0.39 is 65.6 Å². The summed E-state index contributed by atoms with van der Waals surface area (Å²) < 4.78 is 57.3. The molecule has 0 radical (unpaired) electrons. The highest BCUT2D eigenvalue weighted by molar-refractivity contribution is 14.1. The normalized spacial score (nSPS) is 31.9. The van der Waals surface area contributed by atoms with Crippen molar-refractivity contribution in [1.82, 2.24) is 13.2 Å². The lowest BCUT2D eigenvalue weighted by Crippen LogP contribution is -2.33. The molecular weight excluding hydrogens is 570 g/mol. The third kappa shape index (κ3) is 5.41. The number of ether oxygens (including phenoxy) is 2. The molecule has 3 aliphatic rings. The second-order valence-electron chi connectivity index (χ2n) is 7.88. The number of amidine groups is 1. The van der Waals surface area contributed by atoms with Gasteiger partial charge >= 0.3 is 7.60 Å². The van der Waals surface area contributed by atoms with E-state index in [1.807, 2.05) is 0 Å². The predicted octanol–water partition coefficient (Wildman–Crippen LogP) is 0.957. The van der Waals surface area contributed by atoms with E-state index in [1.165, 1.54) is 10.9 Å². The number of aliphatic imine (C=N–C) groups is 1. The monoisotopic (exact) mass is 593 g/mol. The Morgan fingerprint density at radius 3 is 2.75 bits per heavy atom. The third-order valence-electron chi connectivity index (χ3n) is 5.42. The molecule has 1 aromatic rings. The Bertz CT molecular complexity index is 947. The summed E-state index contributed by atoms with van der Waals surface area (Å²) in [5.41, 5.74) is 0.369. The first-order valence-corrected chi connectivity index (χ1v) is 13.7. The van der Waals surface area contributed by atoms with Gasteiger partial charge in [-0.25, -0.2) is 18.4 Å². The molecule has 0 aromatic carbocycles. The fourth-order valence-electron chi connectivity index (χ4n) is 3.77. The van der Waals surface area contributed by atoms with Crippen LogP contribution in [0.3, 0.4) is 0 Å². The summed E-state index contributed by atoms with van der Waals surface area (Å²) in [6.45, 7) is -0.328. The van der Waals surface area contributed by atoms with Gasteiger partial charge < -0.3 is 29.5 Å². The average Bonchev–Trinajstić information content (AvgIpc) is 3.26. The topological polar surface area (TPSA) is 171 Å². The zero-order valence-corrected chi connectivity index (χ0v) is 19.6. The first kappa shape index (κ1) is 24.2. The van der Waals surface area contributed by atoms with Crippen LogP contribution in [0, 0.1) is 0 Å². The number of imidazole rings is 1. The van der Waals surface area contributed by atoms with E-state index in [2.05, 4.69) is 16.8 Å². The first-order chi connectivity index (χ1) is 15.0. The van der Waals surface area contributed by atoms with Crippen molar-refractivity contribution in [3.63, 3.8) is 0 Å². The quantitative estimate of drug-likeness (QED) is 0.183. The maximum absolute atomic E-state index is 13.4. The SMILES string of the molecule is O=P(O)(O)COC[C@H]1O[C@@H](c2cnc3n2N=INC3=NC2CCC(F)(F)CC2)[C@H](O)[C@@H]1O. The van der Waals surface area contributed by atoms with E-state index in [0.717, 1.165) is 0 Å². The van der Waals surface area contributed by atoms with Gasteiger partial charge in [0.1, 0.15) is 52.1 Å². The van der Waals surface area contributed by atoms with Crippen molar-refractivity contribution in [1.29, 1.82) is 0 Å². The molecule has 32 heavy (non-hydrogen) atoms. The summed E-state index contributed by atoms with van der Waals surface area (Å²) in [4.78, 5) is 26.6. The molecule has 16 heteroatoms. The van der Waals surface area contributed by atoms with Crippen molar-refractivity contribution in [2.45, 2.75) is 62.1 Å². The number of aliphatic hydroxyl groups excluding tert-OH is 2. The zero-order valence-electron chi connectivity index (χ0n) is 16.6. The molecule has 5 N–H and O–H groups in total. The fourth-order valence-corrected chi connectivity index (χ4v) is 5.50. The standard InChI is InChI=1S/C16H23F2IN5O7P/c17-16(18)3-1-8(2-4-16)21-14-15-20-5-9(24(15)23-19-22-14)13-12(26)11(25)10(31-13)6-30-7-32(27,28)29/h5,8,10-13,25-26H,1-4,6-7H2,(H,21,22,23)(H2,27,28,29)/t10-,11-,12-,13+/m1/s1. The molecule has 0 amide bonds. The highest BCUT2D eigenvalue weighted by Gasteiger charge is 2.46. The molecule has 4 atom stereocenters. The van der Waals surface area contributed by atoms with Gasteiger partial charge in [-0.1, -0.05) is 0 Å². The van der Waals surface area contributed by atoms with Gasteiger partial charge in [-0.3, -0.25) is 13.1 Å². The molecule has 1 aliphatic carbocycles. The number of fused-ring (bicyclic) bond motifs is 1. The van der Waals surface area contributed by atoms with E-state index in [0.29, 0.717) is 17.4 Å². The number of rotatable bonds is 6. The van der Waals surface area contributed by atoms with E-state index in [1.54, 1.807) is 0 Å². The molecule has 180 valence electrons. The van der Waals surface area contributed by atoms with E-state index in [9.17, 15) is 23.6 Å². The van der Waals surface area contributed by atoms with Crippen LogP contribution in [0.5, 0.6) is 0 Å². The number of aliphatic hydroxyl groups is 2. The largest absolute Gasteiger partial charge is 0.387 e. The molecule has 0 spiro atoms. The Labute approximate surface area is 191 Å². The molecular formula is C16H23F2IN5O7P. The smallest absolute Gasteiger partial charge is 0.350 e. The number of nitrogens with one attached hydrogen (secondary N) is 1. The van der Waals surface area contributed by atoms with Crippen LogP contribution >= 0.6 is 28.9 Å². The molecule has 12 nitrogen and oxygen atoms in total. The van der Waals surface area contributed by atoms with Crippen LogP contribution < -0.4 is 3.53 Å². The molecule has 4 rings (SSSR count). The van der Waals surface area contributed by atoms with Crippen molar-refractivity contribution in [3.8, 4) is 0 Å². The van der Waals surface area contributed by atoms with Gasteiger partial charge in [0.2, 0.25) is 5.92 Å². The summed E-state index contributed by atoms with van der Waals surface area (Å²) in [5, 5.41) is 20.7. The van der Waals surface area contributed by atoms with Crippen LogP contribution in [0.1, 0.15) is 43.3 Å². The molecule has 1 aromatic heterocycles. The Hall–Kier alpha value is -0.940. The molecule has 1 saturated heterocycles. The van der Waals surface area contributed by atoms with Crippen LogP contribution in [0.15, 0.2) is 14.4 Å². The van der Waals surface area contributed by atoms with Crippen LogP contribution in [0.4, 0.5) is 8.78 Å². The van der Waals surface area contributed by atoms with Gasteiger partial charge in [-0.15, -0.1) is 3.25 Å². The van der Waals surface area contributed by atoms with Crippen LogP contribution in [-0.4, -0.2) is 78.7 Å². The maximum atomic E-state index is 13.4. The molecule has 2 aliphatic heterocycles. The lowest BCUT2D eigenvalue weighted by Gasteiger charge is -2.26. The lowest BCUT2D eigenvalue weighted by molar-refractivity contribution is -0.0405. The summed E-state index contributed by atoms with van der Waals surface area (Å²) in [6, 6.07) is -0.251. The second-order valence-corrected chi connectivity index (χ2v) is 10.9. The maximum Gasteiger partial charge on any atom is 0.350 e. The minimum absolute atomic E-state index is 0.209. The summed E-state index contributed by atoms with van der Waals surface area (Å²) in [5.74, 6) is -1.84. The summed E-state index contributed by atoms with van der Waals surface area (Å²) >= 11 is -0.921. The second kappa shape index (κ2) is 9.37. The number of alkyl halides is 2. The molecule has 3 heterocycles. The highest BCUT2D eigenvalue weighted by Crippen LogP contribution is 2.38. The average molecular weight is 593 g/mol. The lowest BCUT2D eigenvalue weighted by atomic mass is 9.93. The van der Waals surface area contributed by atoms with Crippen LogP contribution in [0.2, 0.25) is 0 Å². The van der Waals surface area contributed by atoms with E-state index in [4.69, 9.17) is 19.3 Å². The van der Waals surface area contributed by atoms with Gasteiger partial charge in [-0.05, 0) is 12.8 Å². The molecule has 0 unspecified atom stereocenters. The van der Waals surface area contributed by atoms with Crippen molar-refractivity contribution in [3.05, 3.63) is 17.7 Å². The Kier molecular flexibility index (Phi) is 7.08. The van der Waals surface area contributed by atoms with E-state index >= 15 is 0 Å². The van der Waals surface area contributed by atoms with Gasteiger partial charge in [0.15, 0.2) is 11.7 Å². The minimum Gasteiger partial charge on any atom is -0.387 e. The van der Waals surface area contributed by atoms with Crippen LogP contribution in [-0.2, 0) is 14.0 Å². The zero-order chi connectivity index (χ0) is 23.1. The minimum atomic E-state index is -4.38. The van der Waals surface area contributed by atoms with E-state index in [-0.39, 0.29) is 38.3 Å². The highest BCUT2D eigenvalue weighted by atomic mass is 127. The van der Waals surface area contributed by atoms with Crippen molar-refractivity contribution < 1.29 is 42.8 Å². The Balaban J connectivity index is 1.48. The van der Waals surface area contributed by atoms with Crippen LogP contribution in [0.25, 0.3) is 0 Å². The van der Waals surface area contributed by atoms with Crippen molar-refractivity contribution >= 4 is 34.7 Å². The number of aromatic nitrogens is 2. The molecule has 0 bridgehead atoms. The first-order valence-electron chi connectivity index (χ1n) is 9.82. The molecule has 2 fully saturated rings. The predicted molar refractivity (Wildman–Crippen MR) is 113 cm³/mol.